The fourth-order valence-electron chi connectivity index (χ4n) is 1.58. The number of aliphatic hydroxyl groups excluding tert-OH is 2. The van der Waals surface area contributed by atoms with Crippen molar-refractivity contribution in [3.63, 3.8) is 0 Å². The largest absolute Gasteiger partial charge is 0.394 e. The molecule has 0 unspecified atom stereocenters. The number of hydrogen-bond acceptors (Lipinski definition) is 4. The van der Waals surface area contributed by atoms with E-state index in [1.807, 2.05) is 25.1 Å². The summed E-state index contributed by atoms with van der Waals surface area (Å²) in [4.78, 5) is 0. The minimum atomic E-state index is -0.678. The Kier molecular flexibility index (Phi) is 5.11. The number of hydrogen-bond donors (Lipinski definition) is 3. The van der Waals surface area contributed by atoms with Crippen molar-refractivity contribution in [1.82, 2.24) is 5.32 Å². The molecule has 0 fully saturated rings. The summed E-state index contributed by atoms with van der Waals surface area (Å²) in [5.41, 5.74) is 0.804. The molecule has 0 saturated heterocycles. The van der Waals surface area contributed by atoms with Gasteiger partial charge in [0.15, 0.2) is 0 Å². The second kappa shape index (κ2) is 6.36. The molecule has 0 aliphatic heterocycles. The maximum absolute atomic E-state index is 9.29. The Hall–Kier alpha value is -1.41. The van der Waals surface area contributed by atoms with Gasteiger partial charge in [-0.3, -0.25) is 0 Å². The predicted octanol–water partition coefficient (Wildman–Crippen LogP) is 0.781. The summed E-state index contributed by atoms with van der Waals surface area (Å²) < 4.78 is 0. The van der Waals surface area contributed by atoms with Crippen LogP contribution >= 0.6 is 0 Å². The van der Waals surface area contributed by atoms with Crippen molar-refractivity contribution in [2.45, 2.75) is 25.4 Å². The van der Waals surface area contributed by atoms with Crippen LogP contribution < -0.4 is 5.32 Å². The van der Waals surface area contributed by atoms with Gasteiger partial charge in [0.2, 0.25) is 0 Å². The number of nitrogens with zero attached hydrogens (tertiary/aromatic N) is 1. The zero-order chi connectivity index (χ0) is 12.7. The Morgan fingerprint density at radius 1 is 1.29 bits per heavy atom. The quantitative estimate of drug-likeness (QED) is 0.680. The van der Waals surface area contributed by atoms with Crippen LogP contribution in [0, 0.1) is 11.3 Å². The minimum absolute atomic E-state index is 0.130. The lowest BCUT2D eigenvalue weighted by atomic mass is 9.97. The first-order valence-corrected chi connectivity index (χ1v) is 5.66. The molecule has 3 N–H and O–H groups in total. The van der Waals surface area contributed by atoms with Gasteiger partial charge >= 0.3 is 0 Å². The molecule has 1 rings (SSSR count). The van der Waals surface area contributed by atoms with E-state index >= 15 is 0 Å². The molecule has 17 heavy (non-hydrogen) atoms. The summed E-state index contributed by atoms with van der Waals surface area (Å²) in [7, 11) is 0. The highest BCUT2D eigenvalue weighted by Gasteiger charge is 2.25. The Morgan fingerprint density at radius 3 is 2.47 bits per heavy atom. The van der Waals surface area contributed by atoms with Crippen LogP contribution in [0.2, 0.25) is 0 Å². The van der Waals surface area contributed by atoms with E-state index in [9.17, 15) is 10.2 Å². The third-order valence-electron chi connectivity index (χ3n) is 3.07. The van der Waals surface area contributed by atoms with Crippen LogP contribution in [0.15, 0.2) is 24.3 Å². The third kappa shape index (κ3) is 3.27. The average molecular weight is 234 g/mol. The first-order valence-electron chi connectivity index (χ1n) is 5.66. The molecular weight excluding hydrogens is 216 g/mol. The Balaban J connectivity index is 2.76. The van der Waals surface area contributed by atoms with E-state index in [1.54, 1.807) is 6.07 Å². The first kappa shape index (κ1) is 13.7. The molecule has 0 aromatic heterocycles. The summed E-state index contributed by atoms with van der Waals surface area (Å²) in [6.07, 6.45) is 0.620. The lowest BCUT2D eigenvalue weighted by Crippen LogP contribution is -2.50. The molecule has 0 atom stereocenters. The molecule has 0 heterocycles. The average Bonchev–Trinajstić information content (AvgIpc) is 2.41. The van der Waals surface area contributed by atoms with Crippen LogP contribution in [0.4, 0.5) is 0 Å². The number of nitriles is 1. The van der Waals surface area contributed by atoms with Crippen molar-refractivity contribution in [2.75, 3.05) is 13.2 Å². The molecule has 4 heteroatoms. The van der Waals surface area contributed by atoms with E-state index in [2.05, 4.69) is 11.4 Å². The monoisotopic (exact) mass is 234 g/mol. The van der Waals surface area contributed by atoms with Crippen LogP contribution in [0.25, 0.3) is 0 Å². The van der Waals surface area contributed by atoms with Crippen molar-refractivity contribution >= 4 is 0 Å². The van der Waals surface area contributed by atoms with Crippen molar-refractivity contribution in [2.24, 2.45) is 0 Å². The highest BCUT2D eigenvalue weighted by atomic mass is 16.3. The lowest BCUT2D eigenvalue weighted by molar-refractivity contribution is 0.0864. The van der Waals surface area contributed by atoms with E-state index in [1.165, 1.54) is 0 Å². The molecule has 0 radical (unpaired) electrons. The normalized spacial score (nSPS) is 11.2. The van der Waals surface area contributed by atoms with Gasteiger partial charge in [0.05, 0.1) is 30.4 Å². The SMILES string of the molecule is CCC(CO)(CO)NCc1ccccc1C#N. The highest BCUT2D eigenvalue weighted by Crippen LogP contribution is 2.12. The maximum atomic E-state index is 9.29. The molecule has 0 bridgehead atoms. The molecule has 0 spiro atoms. The van der Waals surface area contributed by atoms with Crippen LogP contribution in [0.5, 0.6) is 0 Å². The van der Waals surface area contributed by atoms with Gasteiger partial charge in [-0.2, -0.15) is 5.26 Å². The van der Waals surface area contributed by atoms with Gasteiger partial charge in [0.1, 0.15) is 0 Å². The minimum Gasteiger partial charge on any atom is -0.394 e. The second-order valence-electron chi connectivity index (χ2n) is 4.07. The maximum Gasteiger partial charge on any atom is 0.0995 e. The van der Waals surface area contributed by atoms with Crippen LogP contribution in [0.1, 0.15) is 24.5 Å². The van der Waals surface area contributed by atoms with Gasteiger partial charge in [-0.25, -0.2) is 0 Å². The van der Waals surface area contributed by atoms with Crippen molar-refractivity contribution in [3.8, 4) is 6.07 Å². The number of benzene rings is 1. The Labute approximate surface area is 102 Å². The summed E-state index contributed by atoms with van der Waals surface area (Å²) in [6, 6.07) is 9.41. The summed E-state index contributed by atoms with van der Waals surface area (Å²) >= 11 is 0. The molecule has 1 aromatic carbocycles. The number of nitrogens with one attached hydrogen (secondary N) is 1. The van der Waals surface area contributed by atoms with Gasteiger partial charge in [-0.1, -0.05) is 25.1 Å². The third-order valence-corrected chi connectivity index (χ3v) is 3.07. The number of aliphatic hydroxyl groups is 2. The Morgan fingerprint density at radius 2 is 1.94 bits per heavy atom. The van der Waals surface area contributed by atoms with E-state index in [-0.39, 0.29) is 13.2 Å². The summed E-state index contributed by atoms with van der Waals surface area (Å²) in [5, 5.41) is 30.7. The van der Waals surface area contributed by atoms with Crippen molar-refractivity contribution < 1.29 is 10.2 Å². The fraction of sp³-hybridized carbons (Fsp3) is 0.462. The fourth-order valence-corrected chi connectivity index (χ4v) is 1.58. The molecule has 0 amide bonds. The summed E-state index contributed by atoms with van der Waals surface area (Å²) in [5.74, 6) is 0. The molecule has 0 aliphatic rings. The van der Waals surface area contributed by atoms with Crippen LogP contribution in [-0.4, -0.2) is 29.0 Å². The smallest absolute Gasteiger partial charge is 0.0995 e. The van der Waals surface area contributed by atoms with E-state index in [0.29, 0.717) is 18.5 Å². The zero-order valence-electron chi connectivity index (χ0n) is 9.98. The molecule has 0 aliphatic carbocycles. The Bertz CT molecular complexity index is 386. The molecule has 4 nitrogen and oxygen atoms in total. The van der Waals surface area contributed by atoms with Gasteiger partial charge < -0.3 is 15.5 Å². The van der Waals surface area contributed by atoms with Gasteiger partial charge in [-0.15, -0.1) is 0 Å². The second-order valence-corrected chi connectivity index (χ2v) is 4.07. The molecule has 92 valence electrons. The molecule has 0 saturated carbocycles. The topological polar surface area (TPSA) is 76.3 Å². The van der Waals surface area contributed by atoms with Crippen molar-refractivity contribution in [3.05, 3.63) is 35.4 Å². The summed E-state index contributed by atoms with van der Waals surface area (Å²) in [6.45, 7) is 2.10. The van der Waals surface area contributed by atoms with Gasteiger partial charge in [0.25, 0.3) is 0 Å². The van der Waals surface area contributed by atoms with Gasteiger partial charge in [0, 0.05) is 6.54 Å². The van der Waals surface area contributed by atoms with Crippen molar-refractivity contribution in [1.29, 1.82) is 5.26 Å². The molecular formula is C13H18N2O2. The predicted molar refractivity (Wildman–Crippen MR) is 65.2 cm³/mol. The van der Waals surface area contributed by atoms with Gasteiger partial charge in [-0.05, 0) is 18.1 Å². The van der Waals surface area contributed by atoms with E-state index in [0.717, 1.165) is 5.56 Å². The van der Waals surface area contributed by atoms with Crippen LogP contribution in [-0.2, 0) is 6.54 Å². The number of rotatable bonds is 6. The van der Waals surface area contributed by atoms with Crippen LogP contribution in [0.3, 0.4) is 0 Å². The molecule has 1 aromatic rings. The first-order chi connectivity index (χ1) is 8.21. The zero-order valence-corrected chi connectivity index (χ0v) is 9.98. The highest BCUT2D eigenvalue weighted by molar-refractivity contribution is 5.37. The lowest BCUT2D eigenvalue weighted by Gasteiger charge is -2.30. The van der Waals surface area contributed by atoms with E-state index < -0.39 is 5.54 Å². The standard InChI is InChI=1S/C13H18N2O2/c1-2-13(9-16,10-17)15-8-12-6-4-3-5-11(12)7-14/h3-6,15-17H,2,8-10H2,1H3. The van der Waals surface area contributed by atoms with E-state index in [4.69, 9.17) is 5.26 Å².